The molecule has 2 atom stereocenters. The fourth-order valence-electron chi connectivity index (χ4n) is 2.23. The molecule has 5 nitrogen and oxygen atoms in total. The van der Waals surface area contributed by atoms with Crippen molar-refractivity contribution in [3.63, 3.8) is 0 Å². The van der Waals surface area contributed by atoms with E-state index < -0.39 is 6.10 Å². The minimum atomic E-state index is -0.490. The lowest BCUT2D eigenvalue weighted by Crippen LogP contribution is -2.52. The molecule has 0 saturated heterocycles. The first-order valence-corrected chi connectivity index (χ1v) is 6.64. The predicted octanol–water partition coefficient (Wildman–Crippen LogP) is 2.14. The molecule has 0 aliphatic heterocycles. The van der Waals surface area contributed by atoms with E-state index in [1.807, 2.05) is 26.0 Å². The second-order valence-corrected chi connectivity index (χ2v) is 4.70. The van der Waals surface area contributed by atoms with Gasteiger partial charge in [0.05, 0.1) is 14.2 Å². The van der Waals surface area contributed by atoms with Gasteiger partial charge in [-0.2, -0.15) is 0 Å². The van der Waals surface area contributed by atoms with Gasteiger partial charge in [-0.1, -0.05) is 0 Å². The van der Waals surface area contributed by atoms with E-state index in [0.717, 1.165) is 5.56 Å². The van der Waals surface area contributed by atoms with Crippen LogP contribution in [0.3, 0.4) is 0 Å². The molecule has 0 radical (unpaired) electrons. The third-order valence-electron chi connectivity index (χ3n) is 3.28. The molecule has 20 heavy (non-hydrogen) atoms. The molecule has 0 heterocycles. The lowest BCUT2D eigenvalue weighted by molar-refractivity contribution is -0.154. The first-order chi connectivity index (χ1) is 9.60. The van der Waals surface area contributed by atoms with Gasteiger partial charge in [0, 0.05) is 13.0 Å². The van der Waals surface area contributed by atoms with Gasteiger partial charge in [-0.25, -0.2) is 0 Å². The third kappa shape index (κ3) is 2.72. The van der Waals surface area contributed by atoms with Crippen LogP contribution < -0.4 is 14.2 Å². The summed E-state index contributed by atoms with van der Waals surface area (Å²) in [4.78, 5) is 11.5. The summed E-state index contributed by atoms with van der Waals surface area (Å²) in [7, 11) is 3.15. The van der Waals surface area contributed by atoms with Crippen LogP contribution in [0.5, 0.6) is 17.2 Å². The number of methoxy groups -OCH3 is 2. The Balaban J connectivity index is 2.22. The number of rotatable bonds is 6. The summed E-state index contributed by atoms with van der Waals surface area (Å²) in [5.74, 6) is 1.78. The van der Waals surface area contributed by atoms with E-state index in [2.05, 4.69) is 0 Å². The Morgan fingerprint density at radius 3 is 2.25 bits per heavy atom. The first kappa shape index (κ1) is 14.7. The van der Waals surface area contributed by atoms with Crippen LogP contribution >= 0.6 is 0 Å². The van der Waals surface area contributed by atoms with Gasteiger partial charge in [0.15, 0.2) is 23.4 Å². The number of ketones is 1. The van der Waals surface area contributed by atoms with Crippen molar-refractivity contribution >= 4 is 5.78 Å². The zero-order valence-electron chi connectivity index (χ0n) is 12.3. The predicted molar refractivity (Wildman–Crippen MR) is 73.7 cm³/mol. The molecule has 1 aliphatic carbocycles. The molecule has 1 fully saturated rings. The molecule has 1 saturated carbocycles. The highest BCUT2D eigenvalue weighted by Crippen LogP contribution is 2.41. The van der Waals surface area contributed by atoms with Crippen LogP contribution in [0.15, 0.2) is 12.1 Å². The number of carbonyl (C=O) groups excluding carboxylic acids is 1. The van der Waals surface area contributed by atoms with Crippen LogP contribution in [0.2, 0.25) is 0 Å². The number of ether oxygens (including phenoxy) is 4. The molecule has 0 aromatic heterocycles. The molecule has 0 N–H and O–H groups in total. The summed E-state index contributed by atoms with van der Waals surface area (Å²) in [6.07, 6.45) is -0.422. The lowest BCUT2D eigenvalue weighted by atomic mass is 9.90. The Kier molecular flexibility index (Phi) is 4.49. The van der Waals surface area contributed by atoms with E-state index >= 15 is 0 Å². The van der Waals surface area contributed by atoms with E-state index in [-0.39, 0.29) is 11.9 Å². The summed E-state index contributed by atoms with van der Waals surface area (Å²) in [6, 6.07) is 3.74. The zero-order valence-corrected chi connectivity index (χ0v) is 12.3. The highest BCUT2D eigenvalue weighted by Gasteiger charge is 2.43. The van der Waals surface area contributed by atoms with Gasteiger partial charge in [0.2, 0.25) is 5.75 Å². The Morgan fingerprint density at radius 1 is 1.20 bits per heavy atom. The summed E-state index contributed by atoms with van der Waals surface area (Å²) >= 11 is 0. The van der Waals surface area contributed by atoms with Crippen LogP contribution in [0.4, 0.5) is 0 Å². The maximum absolute atomic E-state index is 11.5. The molecule has 0 amide bonds. The van der Waals surface area contributed by atoms with E-state index in [4.69, 9.17) is 18.9 Å². The van der Waals surface area contributed by atoms with Crippen molar-refractivity contribution in [2.75, 3.05) is 20.8 Å². The summed E-state index contributed by atoms with van der Waals surface area (Å²) in [5.41, 5.74) is 1.01. The number of carbonyl (C=O) groups is 1. The van der Waals surface area contributed by atoms with Crippen LogP contribution in [-0.4, -0.2) is 38.8 Å². The quantitative estimate of drug-likeness (QED) is 0.799. The van der Waals surface area contributed by atoms with Crippen molar-refractivity contribution in [3.05, 3.63) is 17.7 Å². The van der Waals surface area contributed by atoms with Crippen molar-refractivity contribution in [1.82, 2.24) is 0 Å². The average molecular weight is 280 g/mol. The SMILES string of the molecule is CCOC1C(=O)CC1Oc1c(OC)cc(C)cc1OC. The molecule has 0 spiro atoms. The van der Waals surface area contributed by atoms with Gasteiger partial charge in [-0.3, -0.25) is 4.79 Å². The first-order valence-electron chi connectivity index (χ1n) is 6.64. The number of Topliss-reactive ketones (excluding diaryl/α,β-unsaturated/α-hetero) is 1. The van der Waals surface area contributed by atoms with Gasteiger partial charge in [0.1, 0.15) is 6.10 Å². The summed E-state index contributed by atoms with van der Waals surface area (Å²) < 4.78 is 21.9. The largest absolute Gasteiger partial charge is 0.493 e. The molecule has 1 aromatic carbocycles. The van der Waals surface area contributed by atoms with E-state index in [0.29, 0.717) is 30.3 Å². The lowest BCUT2D eigenvalue weighted by Gasteiger charge is -2.35. The molecular formula is C15H20O5. The summed E-state index contributed by atoms with van der Waals surface area (Å²) in [6.45, 7) is 4.29. The second-order valence-electron chi connectivity index (χ2n) is 4.70. The number of aryl methyl sites for hydroxylation is 1. The van der Waals surface area contributed by atoms with Crippen molar-refractivity contribution in [3.8, 4) is 17.2 Å². The Hall–Kier alpha value is -1.75. The smallest absolute Gasteiger partial charge is 0.203 e. The minimum absolute atomic E-state index is 0.0712. The second kappa shape index (κ2) is 6.13. The van der Waals surface area contributed by atoms with Gasteiger partial charge in [0.25, 0.3) is 0 Å². The topological polar surface area (TPSA) is 54.0 Å². The number of benzene rings is 1. The van der Waals surface area contributed by atoms with Crippen molar-refractivity contribution in [1.29, 1.82) is 0 Å². The Bertz CT molecular complexity index is 472. The fourth-order valence-corrected chi connectivity index (χ4v) is 2.23. The normalized spacial score (nSPS) is 21.3. The number of hydrogen-bond donors (Lipinski definition) is 0. The maximum Gasteiger partial charge on any atom is 0.203 e. The maximum atomic E-state index is 11.5. The van der Waals surface area contributed by atoms with E-state index in [9.17, 15) is 4.79 Å². The van der Waals surface area contributed by atoms with Crippen molar-refractivity contribution in [2.45, 2.75) is 32.5 Å². The summed E-state index contributed by atoms with van der Waals surface area (Å²) in [5, 5.41) is 0. The molecule has 0 bridgehead atoms. The van der Waals surface area contributed by atoms with Crippen LogP contribution in [0.25, 0.3) is 0 Å². The van der Waals surface area contributed by atoms with Crippen molar-refractivity contribution in [2.24, 2.45) is 0 Å². The van der Waals surface area contributed by atoms with Crippen molar-refractivity contribution < 1.29 is 23.7 Å². The molecule has 110 valence electrons. The standard InChI is InChI=1S/C15H20O5/c1-5-19-14-10(16)8-13(14)20-15-11(17-3)6-9(2)7-12(15)18-4/h6-7,13-14H,5,8H2,1-4H3. The van der Waals surface area contributed by atoms with E-state index in [1.54, 1.807) is 14.2 Å². The molecule has 2 rings (SSSR count). The minimum Gasteiger partial charge on any atom is -0.493 e. The van der Waals surface area contributed by atoms with Gasteiger partial charge < -0.3 is 18.9 Å². The average Bonchev–Trinajstić information content (AvgIpc) is 2.45. The highest BCUT2D eigenvalue weighted by molar-refractivity contribution is 5.90. The fraction of sp³-hybridized carbons (Fsp3) is 0.533. The molecule has 1 aromatic rings. The van der Waals surface area contributed by atoms with Crippen LogP contribution in [0, 0.1) is 6.92 Å². The van der Waals surface area contributed by atoms with Crippen LogP contribution in [0.1, 0.15) is 18.9 Å². The van der Waals surface area contributed by atoms with Crippen LogP contribution in [-0.2, 0) is 9.53 Å². The van der Waals surface area contributed by atoms with Gasteiger partial charge >= 0.3 is 0 Å². The van der Waals surface area contributed by atoms with Gasteiger partial charge in [-0.05, 0) is 31.5 Å². The third-order valence-corrected chi connectivity index (χ3v) is 3.28. The van der Waals surface area contributed by atoms with Gasteiger partial charge in [-0.15, -0.1) is 0 Å². The Morgan fingerprint density at radius 2 is 1.80 bits per heavy atom. The molecule has 1 aliphatic rings. The highest BCUT2D eigenvalue weighted by atomic mass is 16.6. The Labute approximate surface area is 118 Å². The molecular weight excluding hydrogens is 260 g/mol. The molecule has 5 heteroatoms. The monoisotopic (exact) mass is 280 g/mol. The molecule has 2 unspecified atom stereocenters. The van der Waals surface area contributed by atoms with E-state index in [1.165, 1.54) is 0 Å². The number of hydrogen-bond acceptors (Lipinski definition) is 5. The zero-order chi connectivity index (χ0) is 14.7.